The SMILES string of the molecule is Cc1ccccc1CNC(=O)N1CC(O)C[C@H]1C(=O)O. The van der Waals surface area contributed by atoms with Crippen molar-refractivity contribution >= 4 is 12.0 Å². The largest absolute Gasteiger partial charge is 0.480 e. The molecule has 0 bridgehead atoms. The Labute approximate surface area is 117 Å². The molecule has 1 fully saturated rings. The van der Waals surface area contributed by atoms with E-state index in [0.29, 0.717) is 6.54 Å². The summed E-state index contributed by atoms with van der Waals surface area (Å²) in [6.45, 7) is 2.34. The lowest BCUT2D eigenvalue weighted by atomic mass is 10.1. The summed E-state index contributed by atoms with van der Waals surface area (Å²) in [4.78, 5) is 24.3. The number of aliphatic hydroxyl groups is 1. The van der Waals surface area contributed by atoms with E-state index < -0.39 is 24.1 Å². The minimum atomic E-state index is -1.09. The number of β-amino-alcohol motifs (C(OH)–C–C–N with tert-alkyl or cyclic N) is 1. The number of benzene rings is 1. The number of hydrogen-bond donors (Lipinski definition) is 3. The van der Waals surface area contributed by atoms with Crippen molar-refractivity contribution in [2.75, 3.05) is 6.54 Å². The normalized spacial score (nSPS) is 21.8. The van der Waals surface area contributed by atoms with Crippen LogP contribution < -0.4 is 5.32 Å². The van der Waals surface area contributed by atoms with Crippen molar-refractivity contribution in [2.24, 2.45) is 0 Å². The molecule has 6 heteroatoms. The molecule has 1 aliphatic heterocycles. The lowest BCUT2D eigenvalue weighted by molar-refractivity contribution is -0.141. The van der Waals surface area contributed by atoms with Gasteiger partial charge in [0.1, 0.15) is 6.04 Å². The van der Waals surface area contributed by atoms with Gasteiger partial charge in [0.25, 0.3) is 0 Å². The number of aliphatic hydroxyl groups excluding tert-OH is 1. The third-order valence-electron chi connectivity index (χ3n) is 3.52. The van der Waals surface area contributed by atoms with Crippen LogP contribution in [0.25, 0.3) is 0 Å². The molecule has 2 amide bonds. The van der Waals surface area contributed by atoms with E-state index in [-0.39, 0.29) is 13.0 Å². The van der Waals surface area contributed by atoms with Gasteiger partial charge in [-0.05, 0) is 18.1 Å². The number of hydrogen-bond acceptors (Lipinski definition) is 3. The molecule has 0 saturated carbocycles. The lowest BCUT2D eigenvalue weighted by Gasteiger charge is -2.21. The van der Waals surface area contributed by atoms with Crippen LogP contribution in [0.1, 0.15) is 17.5 Å². The van der Waals surface area contributed by atoms with Crippen molar-refractivity contribution < 1.29 is 19.8 Å². The molecular formula is C14H18N2O4. The second-order valence-corrected chi connectivity index (χ2v) is 4.98. The number of amides is 2. The zero-order valence-corrected chi connectivity index (χ0v) is 11.2. The Balaban J connectivity index is 1.98. The average molecular weight is 278 g/mol. The fourth-order valence-electron chi connectivity index (χ4n) is 2.35. The number of carbonyl (C=O) groups is 2. The summed E-state index contributed by atoms with van der Waals surface area (Å²) in [6.07, 6.45) is -0.701. The summed E-state index contributed by atoms with van der Waals surface area (Å²) in [5.74, 6) is -1.09. The van der Waals surface area contributed by atoms with E-state index in [9.17, 15) is 14.7 Å². The van der Waals surface area contributed by atoms with Gasteiger partial charge in [0.2, 0.25) is 0 Å². The van der Waals surface area contributed by atoms with Crippen LogP contribution in [0.15, 0.2) is 24.3 Å². The zero-order chi connectivity index (χ0) is 14.7. The van der Waals surface area contributed by atoms with Gasteiger partial charge in [0.05, 0.1) is 6.10 Å². The molecule has 108 valence electrons. The van der Waals surface area contributed by atoms with E-state index in [1.807, 2.05) is 31.2 Å². The quantitative estimate of drug-likeness (QED) is 0.760. The van der Waals surface area contributed by atoms with Crippen LogP contribution in [0.3, 0.4) is 0 Å². The predicted octanol–water partition coefficient (Wildman–Crippen LogP) is 0.724. The molecule has 1 aromatic rings. The maximum atomic E-state index is 12.0. The number of aliphatic carboxylic acids is 1. The second kappa shape index (κ2) is 5.92. The molecule has 1 unspecified atom stereocenters. The summed E-state index contributed by atoms with van der Waals surface area (Å²) in [7, 11) is 0. The number of likely N-dealkylation sites (tertiary alicyclic amines) is 1. The van der Waals surface area contributed by atoms with Gasteiger partial charge in [-0.1, -0.05) is 24.3 Å². The highest BCUT2D eigenvalue weighted by Gasteiger charge is 2.38. The fourth-order valence-corrected chi connectivity index (χ4v) is 2.35. The molecule has 20 heavy (non-hydrogen) atoms. The molecule has 6 nitrogen and oxygen atoms in total. The number of rotatable bonds is 3. The third kappa shape index (κ3) is 3.08. The summed E-state index contributed by atoms with van der Waals surface area (Å²) in [5.41, 5.74) is 2.04. The number of carbonyl (C=O) groups excluding carboxylic acids is 1. The standard InChI is InChI=1S/C14H18N2O4/c1-9-4-2-3-5-10(9)7-15-14(20)16-8-11(17)6-12(16)13(18)19/h2-5,11-12,17H,6-8H2,1H3,(H,15,20)(H,18,19)/t11?,12-/m0/s1. The van der Waals surface area contributed by atoms with Crippen molar-refractivity contribution in [1.29, 1.82) is 0 Å². The summed E-state index contributed by atoms with van der Waals surface area (Å²) in [5, 5.41) is 21.3. The van der Waals surface area contributed by atoms with E-state index in [2.05, 4.69) is 5.32 Å². The van der Waals surface area contributed by atoms with Gasteiger partial charge in [-0.15, -0.1) is 0 Å². The van der Waals surface area contributed by atoms with Gasteiger partial charge in [-0.2, -0.15) is 0 Å². The fraction of sp³-hybridized carbons (Fsp3) is 0.429. The Bertz CT molecular complexity index is 518. The molecule has 0 spiro atoms. The van der Waals surface area contributed by atoms with Crippen molar-refractivity contribution in [2.45, 2.75) is 32.0 Å². The Morgan fingerprint density at radius 1 is 1.40 bits per heavy atom. The Morgan fingerprint density at radius 3 is 2.75 bits per heavy atom. The van der Waals surface area contributed by atoms with Crippen molar-refractivity contribution in [1.82, 2.24) is 10.2 Å². The van der Waals surface area contributed by atoms with E-state index in [1.165, 1.54) is 4.90 Å². The average Bonchev–Trinajstić information content (AvgIpc) is 2.80. The molecule has 1 aliphatic rings. The number of carboxylic acid groups (broad SMARTS) is 1. The van der Waals surface area contributed by atoms with E-state index in [1.54, 1.807) is 0 Å². The van der Waals surface area contributed by atoms with Crippen LogP contribution in [0.4, 0.5) is 4.79 Å². The highest BCUT2D eigenvalue weighted by molar-refractivity contribution is 5.83. The first-order chi connectivity index (χ1) is 9.49. The molecule has 1 saturated heterocycles. The number of nitrogens with zero attached hydrogens (tertiary/aromatic N) is 1. The molecule has 3 N–H and O–H groups in total. The van der Waals surface area contributed by atoms with Crippen LogP contribution in [0.5, 0.6) is 0 Å². The smallest absolute Gasteiger partial charge is 0.326 e. The number of carboxylic acids is 1. The van der Waals surface area contributed by atoms with Crippen LogP contribution in [0, 0.1) is 6.92 Å². The molecule has 0 aliphatic carbocycles. The summed E-state index contributed by atoms with van der Waals surface area (Å²) >= 11 is 0. The van der Waals surface area contributed by atoms with Crippen LogP contribution in [-0.2, 0) is 11.3 Å². The monoisotopic (exact) mass is 278 g/mol. The first kappa shape index (κ1) is 14.3. The van der Waals surface area contributed by atoms with Gasteiger partial charge in [0, 0.05) is 19.5 Å². The topological polar surface area (TPSA) is 89.9 Å². The van der Waals surface area contributed by atoms with Crippen LogP contribution in [-0.4, -0.2) is 45.8 Å². The van der Waals surface area contributed by atoms with Crippen molar-refractivity contribution in [3.05, 3.63) is 35.4 Å². The molecule has 2 atom stereocenters. The van der Waals surface area contributed by atoms with E-state index in [4.69, 9.17) is 5.11 Å². The molecule has 1 aromatic carbocycles. The van der Waals surface area contributed by atoms with Crippen molar-refractivity contribution in [3.63, 3.8) is 0 Å². The lowest BCUT2D eigenvalue weighted by Crippen LogP contribution is -2.46. The van der Waals surface area contributed by atoms with E-state index >= 15 is 0 Å². The first-order valence-corrected chi connectivity index (χ1v) is 6.49. The number of aryl methyl sites for hydroxylation is 1. The molecule has 0 radical (unpaired) electrons. The van der Waals surface area contributed by atoms with Crippen LogP contribution in [0.2, 0.25) is 0 Å². The predicted molar refractivity (Wildman–Crippen MR) is 72.2 cm³/mol. The van der Waals surface area contributed by atoms with Crippen molar-refractivity contribution in [3.8, 4) is 0 Å². The minimum Gasteiger partial charge on any atom is -0.480 e. The zero-order valence-electron chi connectivity index (χ0n) is 11.2. The first-order valence-electron chi connectivity index (χ1n) is 6.49. The summed E-state index contributed by atoms with van der Waals surface area (Å²) < 4.78 is 0. The molecule has 2 rings (SSSR count). The number of nitrogens with one attached hydrogen (secondary N) is 1. The van der Waals surface area contributed by atoms with Gasteiger partial charge >= 0.3 is 12.0 Å². The molecular weight excluding hydrogens is 260 g/mol. The van der Waals surface area contributed by atoms with Gasteiger partial charge in [-0.25, -0.2) is 9.59 Å². The Hall–Kier alpha value is -2.08. The van der Waals surface area contributed by atoms with Gasteiger partial charge in [0.15, 0.2) is 0 Å². The minimum absolute atomic E-state index is 0.0522. The molecule has 1 heterocycles. The Morgan fingerprint density at radius 2 is 2.10 bits per heavy atom. The maximum absolute atomic E-state index is 12.0. The summed E-state index contributed by atoms with van der Waals surface area (Å²) in [6, 6.07) is 6.23. The molecule has 0 aromatic heterocycles. The highest BCUT2D eigenvalue weighted by atomic mass is 16.4. The third-order valence-corrected chi connectivity index (χ3v) is 3.52. The van der Waals surface area contributed by atoms with Crippen LogP contribution >= 0.6 is 0 Å². The second-order valence-electron chi connectivity index (χ2n) is 4.98. The van der Waals surface area contributed by atoms with E-state index in [0.717, 1.165) is 11.1 Å². The Kier molecular flexibility index (Phi) is 4.24. The highest BCUT2D eigenvalue weighted by Crippen LogP contribution is 2.18. The van der Waals surface area contributed by atoms with Gasteiger partial charge < -0.3 is 20.4 Å². The maximum Gasteiger partial charge on any atom is 0.326 e. The number of urea groups is 1. The van der Waals surface area contributed by atoms with Gasteiger partial charge in [-0.3, -0.25) is 0 Å².